The van der Waals surface area contributed by atoms with E-state index in [0.29, 0.717) is 34.4 Å². The Hall–Kier alpha value is -3.52. The maximum atomic E-state index is 13.6. The molecule has 2 unspecified atom stereocenters. The van der Waals surface area contributed by atoms with Crippen LogP contribution in [0.15, 0.2) is 60.7 Å². The Bertz CT molecular complexity index is 1540. The smallest absolute Gasteiger partial charge is 0.252 e. The Balaban J connectivity index is 1.52. The lowest BCUT2D eigenvalue weighted by atomic mass is 10.0. The molecule has 0 bridgehead atoms. The molecule has 0 aliphatic carbocycles. The molecular formula is C29H32N4O3S. The van der Waals surface area contributed by atoms with Crippen LogP contribution in [-0.2, 0) is 16.3 Å². The number of hydrogen-bond donors (Lipinski definition) is 1. The standard InChI is InChI=1S/C29H32N4O3S/c1-19-9-13-23(14-10-19)26-17-25(29(34)30-20(2)11-12-22-7-5-4-6-8-22)27-21(3)32-33(28(27)31-26)24-15-16-37(35,36)18-24/h4-10,13-14,17,20,24H,11-12,15-16,18H2,1-3H3,(H,30,34). The van der Waals surface area contributed by atoms with Crippen LogP contribution in [0.5, 0.6) is 0 Å². The van der Waals surface area contributed by atoms with Crippen molar-refractivity contribution in [2.45, 2.75) is 52.1 Å². The number of pyridine rings is 1. The van der Waals surface area contributed by atoms with Gasteiger partial charge in [0.05, 0.1) is 39.9 Å². The number of carbonyl (C=O) groups is 1. The van der Waals surface area contributed by atoms with Gasteiger partial charge >= 0.3 is 0 Å². The fourth-order valence-corrected chi connectivity index (χ4v) is 6.68. The number of amides is 1. The molecule has 192 valence electrons. The number of aryl methyl sites for hydroxylation is 3. The van der Waals surface area contributed by atoms with E-state index in [2.05, 4.69) is 17.4 Å². The largest absolute Gasteiger partial charge is 0.350 e. The van der Waals surface area contributed by atoms with Crippen molar-refractivity contribution in [2.24, 2.45) is 0 Å². The summed E-state index contributed by atoms with van der Waals surface area (Å²) in [4.78, 5) is 18.5. The van der Waals surface area contributed by atoms with Crippen LogP contribution < -0.4 is 5.32 Å². The number of fused-ring (bicyclic) bond motifs is 1. The van der Waals surface area contributed by atoms with Crippen molar-refractivity contribution in [3.63, 3.8) is 0 Å². The van der Waals surface area contributed by atoms with Crippen molar-refractivity contribution in [3.05, 3.63) is 83.0 Å². The van der Waals surface area contributed by atoms with Crippen molar-refractivity contribution in [1.29, 1.82) is 0 Å². The summed E-state index contributed by atoms with van der Waals surface area (Å²) in [6, 6.07) is 19.7. The van der Waals surface area contributed by atoms with Crippen LogP contribution in [-0.4, -0.2) is 46.6 Å². The molecule has 2 aromatic carbocycles. The SMILES string of the molecule is Cc1ccc(-c2cc(C(=O)NC(C)CCc3ccccc3)c3c(C)nn(C4CCS(=O)(=O)C4)c3n2)cc1. The van der Waals surface area contributed by atoms with Gasteiger partial charge in [0.1, 0.15) is 0 Å². The van der Waals surface area contributed by atoms with Crippen LogP contribution in [0.2, 0.25) is 0 Å². The van der Waals surface area contributed by atoms with Crippen molar-refractivity contribution >= 4 is 26.8 Å². The molecule has 2 aromatic heterocycles. The Morgan fingerprint density at radius 1 is 1.11 bits per heavy atom. The summed E-state index contributed by atoms with van der Waals surface area (Å²) in [5.41, 5.74) is 5.66. The molecular weight excluding hydrogens is 484 g/mol. The molecule has 1 aliphatic heterocycles. The predicted octanol–water partition coefficient (Wildman–Crippen LogP) is 4.83. The van der Waals surface area contributed by atoms with Crippen LogP contribution in [0.25, 0.3) is 22.3 Å². The molecule has 1 fully saturated rings. The number of hydrogen-bond acceptors (Lipinski definition) is 5. The first kappa shape index (κ1) is 25.1. The van der Waals surface area contributed by atoms with Crippen molar-refractivity contribution in [1.82, 2.24) is 20.1 Å². The van der Waals surface area contributed by atoms with Gasteiger partial charge in [-0.05, 0) is 51.7 Å². The summed E-state index contributed by atoms with van der Waals surface area (Å²) < 4.78 is 26.1. The maximum absolute atomic E-state index is 13.6. The first-order valence-corrected chi connectivity index (χ1v) is 14.5. The quantitative estimate of drug-likeness (QED) is 0.380. The van der Waals surface area contributed by atoms with Crippen LogP contribution in [0.4, 0.5) is 0 Å². The minimum Gasteiger partial charge on any atom is -0.350 e. The number of benzene rings is 2. The predicted molar refractivity (Wildman–Crippen MR) is 146 cm³/mol. The number of rotatable bonds is 7. The van der Waals surface area contributed by atoms with Gasteiger partial charge in [0, 0.05) is 11.6 Å². The first-order chi connectivity index (χ1) is 17.7. The van der Waals surface area contributed by atoms with E-state index < -0.39 is 9.84 Å². The molecule has 5 rings (SSSR count). The molecule has 0 radical (unpaired) electrons. The third-order valence-corrected chi connectivity index (χ3v) is 8.82. The van der Waals surface area contributed by atoms with E-state index in [9.17, 15) is 13.2 Å². The third kappa shape index (κ3) is 5.44. The lowest BCUT2D eigenvalue weighted by Gasteiger charge is -2.16. The maximum Gasteiger partial charge on any atom is 0.252 e. The molecule has 37 heavy (non-hydrogen) atoms. The summed E-state index contributed by atoms with van der Waals surface area (Å²) in [7, 11) is -3.11. The second-order valence-electron chi connectivity index (χ2n) is 10.1. The third-order valence-electron chi connectivity index (χ3n) is 7.07. The van der Waals surface area contributed by atoms with Gasteiger partial charge in [0.15, 0.2) is 15.5 Å². The zero-order chi connectivity index (χ0) is 26.2. The number of nitrogens with one attached hydrogen (secondary N) is 1. The van der Waals surface area contributed by atoms with Gasteiger partial charge in [-0.25, -0.2) is 18.1 Å². The fourth-order valence-electron chi connectivity index (χ4n) is 4.99. The zero-order valence-corrected chi connectivity index (χ0v) is 22.3. The lowest BCUT2D eigenvalue weighted by Crippen LogP contribution is -2.33. The fraction of sp³-hybridized carbons (Fsp3) is 0.345. The van der Waals surface area contributed by atoms with Gasteiger partial charge in [-0.15, -0.1) is 0 Å². The van der Waals surface area contributed by atoms with Crippen LogP contribution in [0.3, 0.4) is 0 Å². The number of sulfone groups is 1. The van der Waals surface area contributed by atoms with Gasteiger partial charge in [0.2, 0.25) is 0 Å². The molecule has 1 saturated heterocycles. The van der Waals surface area contributed by atoms with E-state index in [4.69, 9.17) is 10.1 Å². The van der Waals surface area contributed by atoms with Gasteiger partial charge < -0.3 is 5.32 Å². The summed E-state index contributed by atoms with van der Waals surface area (Å²) in [5, 5.41) is 8.53. The summed E-state index contributed by atoms with van der Waals surface area (Å²) >= 11 is 0. The number of aromatic nitrogens is 3. The second-order valence-corrected chi connectivity index (χ2v) is 12.3. The Kier molecular flexibility index (Phi) is 6.86. The van der Waals surface area contributed by atoms with Gasteiger partial charge in [-0.3, -0.25) is 4.79 Å². The van der Waals surface area contributed by atoms with Crippen LogP contribution in [0.1, 0.15) is 53.0 Å². The van der Waals surface area contributed by atoms with Crippen molar-refractivity contribution < 1.29 is 13.2 Å². The number of nitrogens with zero attached hydrogens (tertiary/aromatic N) is 3. The van der Waals surface area contributed by atoms with Crippen LogP contribution in [0, 0.1) is 13.8 Å². The average Bonchev–Trinajstić information content (AvgIpc) is 3.41. The molecule has 8 heteroatoms. The highest BCUT2D eigenvalue weighted by molar-refractivity contribution is 7.91. The van der Waals surface area contributed by atoms with E-state index in [1.54, 1.807) is 4.68 Å². The molecule has 1 aliphatic rings. The molecule has 2 atom stereocenters. The van der Waals surface area contributed by atoms with Crippen LogP contribution >= 0.6 is 0 Å². The van der Waals surface area contributed by atoms with Crippen molar-refractivity contribution in [3.8, 4) is 11.3 Å². The summed E-state index contributed by atoms with van der Waals surface area (Å²) in [5.74, 6) is 0.00250. The Morgan fingerprint density at radius 3 is 2.51 bits per heavy atom. The molecule has 7 nitrogen and oxygen atoms in total. The minimum absolute atomic E-state index is 0.0333. The van der Waals surface area contributed by atoms with Gasteiger partial charge in [-0.2, -0.15) is 5.10 Å². The number of carbonyl (C=O) groups excluding carboxylic acids is 1. The summed E-state index contributed by atoms with van der Waals surface area (Å²) in [6.07, 6.45) is 2.18. The van der Waals surface area contributed by atoms with Gasteiger partial charge in [0.25, 0.3) is 5.91 Å². The minimum atomic E-state index is -3.11. The summed E-state index contributed by atoms with van der Waals surface area (Å²) in [6.45, 7) is 5.89. The van der Waals surface area contributed by atoms with E-state index in [1.165, 1.54) is 5.56 Å². The van der Waals surface area contributed by atoms with E-state index in [1.807, 2.05) is 69.3 Å². The highest BCUT2D eigenvalue weighted by atomic mass is 32.2. The van der Waals surface area contributed by atoms with E-state index >= 15 is 0 Å². The second kappa shape index (κ2) is 10.1. The average molecular weight is 517 g/mol. The Morgan fingerprint density at radius 2 is 1.84 bits per heavy atom. The first-order valence-electron chi connectivity index (χ1n) is 12.7. The highest BCUT2D eigenvalue weighted by Gasteiger charge is 2.32. The topological polar surface area (TPSA) is 94.0 Å². The van der Waals surface area contributed by atoms with Crippen molar-refractivity contribution in [2.75, 3.05) is 11.5 Å². The Labute approximate surface area is 217 Å². The molecule has 1 amide bonds. The molecule has 3 heterocycles. The highest BCUT2D eigenvalue weighted by Crippen LogP contribution is 2.32. The normalized spacial score (nSPS) is 17.6. The monoisotopic (exact) mass is 516 g/mol. The van der Waals surface area contributed by atoms with E-state index in [0.717, 1.165) is 24.0 Å². The lowest BCUT2D eigenvalue weighted by molar-refractivity contribution is 0.0940. The molecule has 1 N–H and O–H groups in total. The zero-order valence-electron chi connectivity index (χ0n) is 21.4. The molecule has 0 spiro atoms. The van der Waals surface area contributed by atoms with Gasteiger partial charge in [-0.1, -0.05) is 60.2 Å². The molecule has 0 saturated carbocycles. The molecule has 4 aromatic rings. The van der Waals surface area contributed by atoms with E-state index in [-0.39, 0.29) is 29.5 Å².